The molecule has 0 aliphatic heterocycles. The number of nitrogens with two attached hydrogens (primary N) is 1. The summed E-state index contributed by atoms with van der Waals surface area (Å²) in [5, 5.41) is 9.62. The monoisotopic (exact) mass is 361 g/mol. The predicted octanol–water partition coefficient (Wildman–Crippen LogP) is 0.284. The first kappa shape index (κ1) is 19.0. The molecule has 0 fully saturated rings. The second-order valence-electron chi connectivity index (χ2n) is 5.58. The van der Waals surface area contributed by atoms with Crippen LogP contribution in [0, 0.1) is 0 Å². The molecule has 1 aromatic heterocycles. The van der Waals surface area contributed by atoms with E-state index in [2.05, 4.69) is 0 Å². The number of para-hydroxylation sites is 1. The molecular formula is C17H19N3O6. The molecule has 9 nitrogen and oxygen atoms in total. The van der Waals surface area contributed by atoms with Crippen LogP contribution in [0.15, 0.2) is 33.9 Å². The van der Waals surface area contributed by atoms with Crippen molar-refractivity contribution in [3.8, 4) is 5.75 Å². The molecule has 0 radical (unpaired) electrons. The average molecular weight is 361 g/mol. The van der Waals surface area contributed by atoms with Crippen molar-refractivity contribution in [2.45, 2.75) is 19.9 Å². The normalized spacial score (nSPS) is 10.5. The highest BCUT2D eigenvalue weighted by molar-refractivity contribution is 6.02. The minimum absolute atomic E-state index is 0.114. The number of ether oxygens (including phenoxy) is 1. The second-order valence-corrected chi connectivity index (χ2v) is 5.58. The van der Waals surface area contributed by atoms with Crippen LogP contribution in [0.2, 0.25) is 0 Å². The van der Waals surface area contributed by atoms with Crippen LogP contribution in [-0.4, -0.2) is 32.6 Å². The summed E-state index contributed by atoms with van der Waals surface area (Å²) in [7, 11) is 1.24. The standard InChI is InChI=1S/C17H19N3O6/c1-3-8-20-14(18)13(15(23)19(2)17(20)25)12(22)9-26-16(24)10-6-4-5-7-11(10)21/h4-7,21H,3,8-9,18H2,1-2H3. The van der Waals surface area contributed by atoms with Gasteiger partial charge in [0.25, 0.3) is 5.56 Å². The molecule has 0 saturated carbocycles. The first-order valence-electron chi connectivity index (χ1n) is 7.87. The van der Waals surface area contributed by atoms with Crippen molar-refractivity contribution in [1.29, 1.82) is 0 Å². The lowest BCUT2D eigenvalue weighted by atomic mass is 10.2. The Kier molecular flexibility index (Phi) is 5.61. The van der Waals surface area contributed by atoms with Gasteiger partial charge in [-0.2, -0.15) is 0 Å². The predicted molar refractivity (Wildman–Crippen MR) is 93.4 cm³/mol. The van der Waals surface area contributed by atoms with Crippen LogP contribution >= 0.6 is 0 Å². The summed E-state index contributed by atoms with van der Waals surface area (Å²) in [6, 6.07) is 5.68. The van der Waals surface area contributed by atoms with Gasteiger partial charge in [0.05, 0.1) is 0 Å². The van der Waals surface area contributed by atoms with E-state index < -0.39 is 35.2 Å². The molecule has 26 heavy (non-hydrogen) atoms. The molecule has 0 aliphatic rings. The van der Waals surface area contributed by atoms with E-state index in [-0.39, 0.29) is 23.7 Å². The molecule has 2 rings (SSSR count). The summed E-state index contributed by atoms with van der Waals surface area (Å²) in [5.74, 6) is -2.31. The zero-order chi connectivity index (χ0) is 19.4. The molecule has 1 heterocycles. The Morgan fingerprint density at radius 2 is 1.88 bits per heavy atom. The van der Waals surface area contributed by atoms with Gasteiger partial charge in [0.2, 0.25) is 5.78 Å². The van der Waals surface area contributed by atoms with Crippen molar-refractivity contribution in [3.05, 3.63) is 56.2 Å². The van der Waals surface area contributed by atoms with Gasteiger partial charge in [-0.25, -0.2) is 9.59 Å². The van der Waals surface area contributed by atoms with E-state index in [1.807, 2.05) is 6.92 Å². The van der Waals surface area contributed by atoms with Gasteiger partial charge in [-0.05, 0) is 18.6 Å². The number of aromatic hydroxyl groups is 1. The molecule has 0 atom stereocenters. The maximum absolute atomic E-state index is 12.4. The number of hydrogen-bond donors (Lipinski definition) is 2. The number of esters is 1. The number of hydrogen-bond acceptors (Lipinski definition) is 7. The molecule has 0 aliphatic carbocycles. The highest BCUT2D eigenvalue weighted by atomic mass is 16.5. The van der Waals surface area contributed by atoms with Gasteiger partial charge in [0.15, 0.2) is 6.61 Å². The maximum atomic E-state index is 12.4. The smallest absolute Gasteiger partial charge is 0.342 e. The molecule has 0 saturated heterocycles. The molecule has 1 aromatic carbocycles. The number of phenols is 1. The topological polar surface area (TPSA) is 134 Å². The van der Waals surface area contributed by atoms with E-state index in [4.69, 9.17) is 10.5 Å². The first-order chi connectivity index (χ1) is 12.3. The molecule has 0 amide bonds. The minimum Gasteiger partial charge on any atom is -0.507 e. The zero-order valence-electron chi connectivity index (χ0n) is 14.4. The number of benzene rings is 1. The van der Waals surface area contributed by atoms with Gasteiger partial charge in [0, 0.05) is 13.6 Å². The summed E-state index contributed by atoms with van der Waals surface area (Å²) in [4.78, 5) is 48.7. The lowest BCUT2D eigenvalue weighted by Gasteiger charge is -2.14. The summed E-state index contributed by atoms with van der Waals surface area (Å²) >= 11 is 0. The average Bonchev–Trinajstić information content (AvgIpc) is 2.62. The third kappa shape index (κ3) is 3.51. The fourth-order valence-electron chi connectivity index (χ4n) is 2.41. The number of nitrogens with zero attached hydrogens (tertiary/aromatic N) is 2. The SMILES string of the molecule is CCCn1c(N)c(C(=O)COC(=O)c2ccccc2O)c(=O)n(C)c1=O. The largest absolute Gasteiger partial charge is 0.507 e. The Morgan fingerprint density at radius 1 is 1.23 bits per heavy atom. The molecule has 3 N–H and O–H groups in total. The number of aromatic nitrogens is 2. The number of rotatable bonds is 6. The first-order valence-corrected chi connectivity index (χ1v) is 7.87. The van der Waals surface area contributed by atoms with E-state index in [1.165, 1.54) is 31.3 Å². The Morgan fingerprint density at radius 3 is 2.50 bits per heavy atom. The fourth-order valence-corrected chi connectivity index (χ4v) is 2.41. The van der Waals surface area contributed by atoms with Crippen LogP contribution in [0.4, 0.5) is 5.82 Å². The Bertz CT molecular complexity index is 973. The third-order valence-electron chi connectivity index (χ3n) is 3.77. The summed E-state index contributed by atoms with van der Waals surface area (Å²) in [6.07, 6.45) is 0.568. The van der Waals surface area contributed by atoms with Crippen molar-refractivity contribution >= 4 is 17.6 Å². The quantitative estimate of drug-likeness (QED) is 0.558. The molecule has 0 unspecified atom stereocenters. The maximum Gasteiger partial charge on any atom is 0.342 e. The van der Waals surface area contributed by atoms with Crippen molar-refractivity contribution in [2.24, 2.45) is 7.05 Å². The van der Waals surface area contributed by atoms with Crippen LogP contribution in [0.3, 0.4) is 0 Å². The van der Waals surface area contributed by atoms with Crippen molar-refractivity contribution in [2.75, 3.05) is 12.3 Å². The Labute approximate surface area is 148 Å². The number of carbonyl (C=O) groups is 2. The van der Waals surface area contributed by atoms with Gasteiger partial charge in [-0.15, -0.1) is 0 Å². The van der Waals surface area contributed by atoms with Crippen molar-refractivity contribution in [1.82, 2.24) is 9.13 Å². The number of phenolic OH excluding ortho intramolecular Hbond substituents is 1. The van der Waals surface area contributed by atoms with Crippen LogP contribution in [0.25, 0.3) is 0 Å². The molecule has 0 spiro atoms. The zero-order valence-corrected chi connectivity index (χ0v) is 14.4. The summed E-state index contributed by atoms with van der Waals surface area (Å²) in [5.41, 5.74) is 3.82. The highest BCUT2D eigenvalue weighted by Gasteiger charge is 2.23. The summed E-state index contributed by atoms with van der Waals surface area (Å²) < 4.78 is 6.77. The van der Waals surface area contributed by atoms with Gasteiger partial charge >= 0.3 is 11.7 Å². The second kappa shape index (κ2) is 7.68. The molecule has 0 bridgehead atoms. The van der Waals surface area contributed by atoms with E-state index in [9.17, 15) is 24.3 Å². The van der Waals surface area contributed by atoms with Crippen LogP contribution in [0.1, 0.15) is 34.1 Å². The van der Waals surface area contributed by atoms with Gasteiger partial charge < -0.3 is 15.6 Å². The number of Topliss-reactive ketones (excluding diaryl/α,β-unsaturated/α-hetero) is 1. The van der Waals surface area contributed by atoms with Crippen LogP contribution < -0.4 is 17.0 Å². The third-order valence-corrected chi connectivity index (χ3v) is 3.77. The van der Waals surface area contributed by atoms with Gasteiger partial charge in [-0.1, -0.05) is 19.1 Å². The van der Waals surface area contributed by atoms with Crippen LogP contribution in [-0.2, 0) is 18.3 Å². The Hall–Kier alpha value is -3.36. The molecule has 9 heteroatoms. The fraction of sp³-hybridized carbons (Fsp3) is 0.294. The molecule has 2 aromatic rings. The van der Waals surface area contributed by atoms with E-state index in [1.54, 1.807) is 0 Å². The van der Waals surface area contributed by atoms with Gasteiger partial charge in [0.1, 0.15) is 22.7 Å². The van der Waals surface area contributed by atoms with E-state index in [0.29, 0.717) is 6.42 Å². The van der Waals surface area contributed by atoms with Crippen molar-refractivity contribution < 1.29 is 19.4 Å². The number of nitrogen functional groups attached to an aromatic ring is 1. The number of carbonyl (C=O) groups excluding carboxylic acids is 2. The lowest BCUT2D eigenvalue weighted by Crippen LogP contribution is -2.43. The van der Waals surface area contributed by atoms with Gasteiger partial charge in [-0.3, -0.25) is 18.7 Å². The summed E-state index contributed by atoms with van der Waals surface area (Å²) in [6.45, 7) is 1.29. The highest BCUT2D eigenvalue weighted by Crippen LogP contribution is 2.16. The Balaban J connectivity index is 2.30. The van der Waals surface area contributed by atoms with E-state index in [0.717, 1.165) is 9.13 Å². The molecular weight excluding hydrogens is 342 g/mol. The number of anilines is 1. The minimum atomic E-state index is -0.922. The van der Waals surface area contributed by atoms with Crippen LogP contribution in [0.5, 0.6) is 5.75 Å². The lowest BCUT2D eigenvalue weighted by molar-refractivity contribution is 0.0471. The van der Waals surface area contributed by atoms with Crippen molar-refractivity contribution in [3.63, 3.8) is 0 Å². The van der Waals surface area contributed by atoms with E-state index >= 15 is 0 Å². The molecule has 138 valence electrons. The number of ketones is 1.